The van der Waals surface area contributed by atoms with Gasteiger partial charge in [-0.05, 0) is 18.4 Å². The van der Waals surface area contributed by atoms with Crippen LogP contribution in [0.5, 0.6) is 0 Å². The summed E-state index contributed by atoms with van der Waals surface area (Å²) in [4.78, 5) is 0. The molecule has 20 heavy (non-hydrogen) atoms. The fourth-order valence-corrected chi connectivity index (χ4v) is 3.25. The molecule has 3 atom stereocenters. The van der Waals surface area contributed by atoms with Crippen LogP contribution in [0.2, 0.25) is 0 Å². The zero-order chi connectivity index (χ0) is 14.6. The minimum absolute atomic E-state index is 0.230. The number of ether oxygens (including phenoxy) is 1. The van der Waals surface area contributed by atoms with Crippen molar-refractivity contribution in [3.05, 3.63) is 35.9 Å². The van der Waals surface area contributed by atoms with E-state index in [9.17, 15) is 0 Å². The molecule has 1 N–H and O–H groups in total. The lowest BCUT2D eigenvalue weighted by atomic mass is 9.64. The highest BCUT2D eigenvalue weighted by atomic mass is 16.5. The van der Waals surface area contributed by atoms with Gasteiger partial charge in [0.2, 0.25) is 0 Å². The summed E-state index contributed by atoms with van der Waals surface area (Å²) in [5.74, 6) is 0. The van der Waals surface area contributed by atoms with E-state index in [2.05, 4.69) is 56.4 Å². The molecular weight excluding hydrogens is 246 g/mol. The molecule has 2 nitrogen and oxygen atoms in total. The van der Waals surface area contributed by atoms with E-state index in [0.29, 0.717) is 18.2 Å². The minimum atomic E-state index is 0.230. The van der Waals surface area contributed by atoms with Crippen LogP contribution in [-0.2, 0) is 4.74 Å². The molecule has 0 heterocycles. The third kappa shape index (κ3) is 3.24. The first-order valence-corrected chi connectivity index (χ1v) is 7.93. The van der Waals surface area contributed by atoms with E-state index in [-0.39, 0.29) is 5.41 Å². The fourth-order valence-electron chi connectivity index (χ4n) is 3.25. The second kappa shape index (κ2) is 6.73. The molecule has 1 aromatic rings. The SMILES string of the molecule is CCCCC(NC1CC(OC)C1(C)C)c1ccccc1. The molecule has 0 amide bonds. The fraction of sp³-hybridized carbons (Fsp3) is 0.667. The van der Waals surface area contributed by atoms with Crippen LogP contribution in [0.4, 0.5) is 0 Å². The quantitative estimate of drug-likeness (QED) is 0.800. The predicted octanol–water partition coefficient (Wildman–Crippen LogP) is 4.32. The molecule has 1 aliphatic carbocycles. The van der Waals surface area contributed by atoms with Gasteiger partial charge in [-0.1, -0.05) is 63.9 Å². The molecule has 112 valence electrons. The van der Waals surface area contributed by atoms with Gasteiger partial charge in [0.15, 0.2) is 0 Å². The van der Waals surface area contributed by atoms with Gasteiger partial charge < -0.3 is 10.1 Å². The van der Waals surface area contributed by atoms with E-state index >= 15 is 0 Å². The van der Waals surface area contributed by atoms with E-state index in [0.717, 1.165) is 6.42 Å². The summed E-state index contributed by atoms with van der Waals surface area (Å²) in [7, 11) is 1.83. The van der Waals surface area contributed by atoms with E-state index in [4.69, 9.17) is 4.74 Å². The molecule has 0 radical (unpaired) electrons. The van der Waals surface area contributed by atoms with Crippen LogP contribution < -0.4 is 5.32 Å². The normalized spacial score (nSPS) is 26.0. The lowest BCUT2D eigenvalue weighted by molar-refractivity contribution is -0.101. The molecule has 0 aromatic heterocycles. The van der Waals surface area contributed by atoms with Crippen molar-refractivity contribution >= 4 is 0 Å². The van der Waals surface area contributed by atoms with Crippen molar-refractivity contribution < 1.29 is 4.74 Å². The maximum Gasteiger partial charge on any atom is 0.0652 e. The minimum Gasteiger partial charge on any atom is -0.381 e. The molecular formula is C18H29NO. The second-order valence-electron chi connectivity index (χ2n) is 6.61. The van der Waals surface area contributed by atoms with Crippen LogP contribution in [-0.4, -0.2) is 19.3 Å². The van der Waals surface area contributed by atoms with Gasteiger partial charge in [-0.2, -0.15) is 0 Å². The molecule has 0 saturated heterocycles. The average molecular weight is 275 g/mol. The zero-order valence-electron chi connectivity index (χ0n) is 13.4. The number of hydrogen-bond acceptors (Lipinski definition) is 2. The summed E-state index contributed by atoms with van der Waals surface area (Å²) in [6.07, 6.45) is 5.25. The van der Waals surface area contributed by atoms with Gasteiger partial charge in [-0.3, -0.25) is 0 Å². The maximum atomic E-state index is 5.56. The van der Waals surface area contributed by atoms with Crippen LogP contribution in [0, 0.1) is 5.41 Å². The highest BCUT2D eigenvalue weighted by Gasteiger charge is 2.48. The predicted molar refractivity (Wildman–Crippen MR) is 84.8 cm³/mol. The van der Waals surface area contributed by atoms with Gasteiger partial charge in [0.1, 0.15) is 0 Å². The van der Waals surface area contributed by atoms with Gasteiger partial charge in [0, 0.05) is 24.6 Å². The monoisotopic (exact) mass is 275 g/mol. The van der Waals surface area contributed by atoms with Crippen molar-refractivity contribution in [3.63, 3.8) is 0 Å². The van der Waals surface area contributed by atoms with Crippen molar-refractivity contribution in [2.75, 3.05) is 7.11 Å². The molecule has 0 bridgehead atoms. The number of hydrogen-bond donors (Lipinski definition) is 1. The lowest BCUT2D eigenvalue weighted by Crippen LogP contribution is -2.61. The Balaban J connectivity index is 2.02. The first-order chi connectivity index (χ1) is 9.59. The molecule has 0 spiro atoms. The summed E-state index contributed by atoms with van der Waals surface area (Å²) in [6, 6.07) is 11.9. The number of rotatable bonds is 7. The summed E-state index contributed by atoms with van der Waals surface area (Å²) < 4.78 is 5.56. The summed E-state index contributed by atoms with van der Waals surface area (Å²) in [5, 5.41) is 3.88. The summed E-state index contributed by atoms with van der Waals surface area (Å²) >= 11 is 0. The van der Waals surface area contributed by atoms with E-state index in [1.54, 1.807) is 0 Å². The molecule has 2 heteroatoms. The highest BCUT2D eigenvalue weighted by Crippen LogP contribution is 2.43. The molecule has 1 saturated carbocycles. The standard InChI is InChI=1S/C18H29NO/c1-5-6-12-15(14-10-8-7-9-11-14)19-16-13-17(20-4)18(16,2)3/h7-11,15-17,19H,5-6,12-13H2,1-4H3. The van der Waals surface area contributed by atoms with Gasteiger partial charge in [-0.25, -0.2) is 0 Å². The van der Waals surface area contributed by atoms with Gasteiger partial charge in [0.05, 0.1) is 6.10 Å². The highest BCUT2D eigenvalue weighted by molar-refractivity contribution is 5.20. The van der Waals surface area contributed by atoms with Crippen molar-refractivity contribution in [3.8, 4) is 0 Å². The third-order valence-corrected chi connectivity index (χ3v) is 4.91. The van der Waals surface area contributed by atoms with Crippen LogP contribution in [0.25, 0.3) is 0 Å². The summed E-state index contributed by atoms with van der Waals surface area (Å²) in [5.41, 5.74) is 1.64. The van der Waals surface area contributed by atoms with Gasteiger partial charge in [0.25, 0.3) is 0 Å². The largest absolute Gasteiger partial charge is 0.381 e. The van der Waals surface area contributed by atoms with Crippen LogP contribution in [0.3, 0.4) is 0 Å². The number of benzene rings is 1. The number of methoxy groups -OCH3 is 1. The first kappa shape index (κ1) is 15.5. The molecule has 1 aromatic carbocycles. The molecule has 0 aliphatic heterocycles. The Hall–Kier alpha value is -0.860. The maximum absolute atomic E-state index is 5.56. The van der Waals surface area contributed by atoms with Crippen LogP contribution in [0.1, 0.15) is 58.1 Å². The molecule has 3 unspecified atom stereocenters. The van der Waals surface area contributed by atoms with E-state index in [1.165, 1.54) is 24.8 Å². The van der Waals surface area contributed by atoms with Crippen molar-refractivity contribution in [2.24, 2.45) is 5.41 Å². The topological polar surface area (TPSA) is 21.3 Å². The Morgan fingerprint density at radius 2 is 2.00 bits per heavy atom. The molecule has 1 aliphatic rings. The molecule has 1 fully saturated rings. The van der Waals surface area contributed by atoms with Crippen molar-refractivity contribution in [1.29, 1.82) is 0 Å². The number of nitrogens with one attached hydrogen (secondary N) is 1. The first-order valence-electron chi connectivity index (χ1n) is 7.93. The van der Waals surface area contributed by atoms with E-state index < -0.39 is 0 Å². The van der Waals surface area contributed by atoms with Gasteiger partial charge >= 0.3 is 0 Å². The zero-order valence-corrected chi connectivity index (χ0v) is 13.4. The van der Waals surface area contributed by atoms with Crippen molar-refractivity contribution in [2.45, 2.75) is 64.6 Å². The Morgan fingerprint density at radius 3 is 2.55 bits per heavy atom. The molecule has 2 rings (SSSR count). The number of unbranched alkanes of at least 4 members (excludes halogenated alkanes) is 1. The van der Waals surface area contributed by atoms with Crippen LogP contribution in [0.15, 0.2) is 30.3 Å². The average Bonchev–Trinajstić information content (AvgIpc) is 2.46. The van der Waals surface area contributed by atoms with Crippen LogP contribution >= 0.6 is 0 Å². The lowest BCUT2D eigenvalue weighted by Gasteiger charge is -2.52. The van der Waals surface area contributed by atoms with Gasteiger partial charge in [-0.15, -0.1) is 0 Å². The third-order valence-electron chi connectivity index (χ3n) is 4.91. The Kier molecular flexibility index (Phi) is 5.22. The van der Waals surface area contributed by atoms with E-state index in [1.807, 2.05) is 7.11 Å². The summed E-state index contributed by atoms with van der Waals surface area (Å²) in [6.45, 7) is 6.88. The Morgan fingerprint density at radius 1 is 1.30 bits per heavy atom. The Bertz CT molecular complexity index is 401. The van der Waals surface area contributed by atoms with Crippen molar-refractivity contribution in [1.82, 2.24) is 5.32 Å². The Labute approximate surface area is 123 Å². The second-order valence-corrected chi connectivity index (χ2v) is 6.61. The smallest absolute Gasteiger partial charge is 0.0652 e.